The van der Waals surface area contributed by atoms with Crippen molar-refractivity contribution in [2.45, 2.75) is 59.6 Å². The molecule has 0 amide bonds. The Kier molecular flexibility index (Phi) is 17.9. The second kappa shape index (κ2) is 23.5. The van der Waals surface area contributed by atoms with Crippen molar-refractivity contribution in [3.8, 4) is 23.0 Å². The van der Waals surface area contributed by atoms with Gasteiger partial charge in [-0.15, -0.1) is 0 Å². The first kappa shape index (κ1) is 51.8. The van der Waals surface area contributed by atoms with Gasteiger partial charge in [0.2, 0.25) is 20.0 Å². The number of aliphatic carboxylic acids is 1. The summed E-state index contributed by atoms with van der Waals surface area (Å²) < 4.78 is 96.6. The van der Waals surface area contributed by atoms with Crippen LogP contribution in [0, 0.1) is 0 Å². The Bertz CT molecular complexity index is 3010. The molecule has 0 saturated heterocycles. The number of sulfonamides is 2. The van der Waals surface area contributed by atoms with Gasteiger partial charge in [-0.05, 0) is 108 Å². The number of ether oxygens (including phenoxy) is 2. The summed E-state index contributed by atoms with van der Waals surface area (Å²) in [6.45, 7) is 3.68. The zero-order valence-electron chi connectivity index (χ0n) is 36.5. The number of para-hydroxylation sites is 2. The number of alkyl halides is 3. The highest BCUT2D eigenvalue weighted by Crippen LogP contribution is 2.32. The van der Waals surface area contributed by atoms with E-state index in [1.165, 1.54) is 0 Å². The van der Waals surface area contributed by atoms with Crippen LogP contribution in [0.3, 0.4) is 0 Å². The first-order valence-corrected chi connectivity index (χ1v) is 24.4. The molecule has 13 nitrogen and oxygen atoms in total. The Morgan fingerprint density at radius 2 is 1.12 bits per heavy atom. The minimum absolute atomic E-state index is 0. The Labute approximate surface area is 394 Å². The highest BCUT2D eigenvalue weighted by Gasteiger charge is 2.38. The SMILES string of the molecule is C.CCCS(=O)(=O)Nc1ccc2c(c1)N=C(Cc1ccc(Oc3ccccc3)cc1)C2.CCCS(=O)(=O)Nc1ccc2nc(Cc3ccc(Oc4ccccc4)cc3)[nH]c2c1.O=C(O)C(F)(F)F. The molecule has 1 aliphatic rings. The van der Waals surface area contributed by atoms with E-state index in [0.29, 0.717) is 30.6 Å². The fraction of sp³-hybridized carbons (Fsp3) is 0.220. The molecule has 1 aliphatic heterocycles. The number of carboxylic acid groups (broad SMARTS) is 1. The number of rotatable bonds is 16. The van der Waals surface area contributed by atoms with E-state index in [0.717, 1.165) is 80.8 Å². The maximum atomic E-state index is 12.0. The van der Waals surface area contributed by atoms with Crippen LogP contribution < -0.4 is 18.9 Å². The van der Waals surface area contributed by atoms with Gasteiger partial charge in [0.25, 0.3) is 0 Å². The third-order valence-corrected chi connectivity index (χ3v) is 12.6. The van der Waals surface area contributed by atoms with Gasteiger partial charge < -0.3 is 19.6 Å². The summed E-state index contributed by atoms with van der Waals surface area (Å²) in [6.07, 6.45) is -1.77. The van der Waals surface area contributed by atoms with Crippen molar-refractivity contribution in [3.05, 3.63) is 168 Å². The number of carboxylic acids is 1. The zero-order chi connectivity index (χ0) is 48.0. The Hall–Kier alpha value is -7.18. The Morgan fingerprint density at radius 1 is 0.662 bits per heavy atom. The van der Waals surface area contributed by atoms with Gasteiger partial charge in [0.05, 0.1) is 39.6 Å². The number of anilines is 2. The van der Waals surface area contributed by atoms with Crippen molar-refractivity contribution in [1.82, 2.24) is 9.97 Å². The minimum atomic E-state index is -5.08. The molecule has 2 heterocycles. The molecule has 0 bridgehead atoms. The van der Waals surface area contributed by atoms with Gasteiger partial charge in [-0.3, -0.25) is 14.4 Å². The van der Waals surface area contributed by atoms with E-state index in [4.69, 9.17) is 24.4 Å². The van der Waals surface area contributed by atoms with E-state index in [2.05, 4.69) is 19.4 Å². The second-order valence-electron chi connectivity index (χ2n) is 15.2. The van der Waals surface area contributed by atoms with Crippen LogP contribution >= 0.6 is 0 Å². The van der Waals surface area contributed by atoms with Gasteiger partial charge >= 0.3 is 12.1 Å². The third-order valence-electron chi connectivity index (χ3n) is 9.61. The molecule has 0 radical (unpaired) electrons. The maximum absolute atomic E-state index is 12.0. The van der Waals surface area contributed by atoms with E-state index in [9.17, 15) is 30.0 Å². The largest absolute Gasteiger partial charge is 0.490 e. The van der Waals surface area contributed by atoms with Crippen LogP contribution in [0.5, 0.6) is 23.0 Å². The summed E-state index contributed by atoms with van der Waals surface area (Å²) in [5.74, 6) is 1.46. The van der Waals surface area contributed by atoms with Gasteiger partial charge in [0.15, 0.2) is 0 Å². The predicted octanol–water partition coefficient (Wildman–Crippen LogP) is 11.9. The average molecular weight is 972 g/mol. The lowest BCUT2D eigenvalue weighted by Crippen LogP contribution is -2.21. The van der Waals surface area contributed by atoms with E-state index < -0.39 is 32.2 Å². The van der Waals surface area contributed by atoms with Crippen molar-refractivity contribution < 1.29 is 49.4 Å². The molecule has 68 heavy (non-hydrogen) atoms. The molecule has 358 valence electrons. The van der Waals surface area contributed by atoms with Gasteiger partial charge in [-0.25, -0.2) is 26.6 Å². The molecule has 0 spiro atoms. The van der Waals surface area contributed by atoms with E-state index in [-0.39, 0.29) is 18.9 Å². The Balaban J connectivity index is 0.000000220. The quantitative estimate of drug-likeness (QED) is 0.0730. The molecule has 6 aromatic carbocycles. The second-order valence-corrected chi connectivity index (χ2v) is 18.9. The summed E-state index contributed by atoms with van der Waals surface area (Å²) in [6, 6.07) is 46.2. The normalized spacial score (nSPS) is 11.9. The molecule has 0 aliphatic carbocycles. The van der Waals surface area contributed by atoms with Crippen LogP contribution in [-0.4, -0.2) is 61.3 Å². The number of nitrogens with one attached hydrogen (secondary N) is 3. The zero-order valence-corrected chi connectivity index (χ0v) is 38.1. The summed E-state index contributed by atoms with van der Waals surface area (Å²) >= 11 is 0. The molecule has 8 rings (SSSR count). The summed E-state index contributed by atoms with van der Waals surface area (Å²) in [7, 11) is -6.62. The lowest BCUT2D eigenvalue weighted by atomic mass is 10.0. The summed E-state index contributed by atoms with van der Waals surface area (Å²) in [4.78, 5) is 21.5. The highest BCUT2D eigenvalue weighted by atomic mass is 32.2. The topological polar surface area (TPSA) is 189 Å². The number of H-pyrrole nitrogens is 1. The number of nitrogens with zero attached hydrogens (tertiary/aromatic N) is 2. The molecule has 4 N–H and O–H groups in total. The van der Waals surface area contributed by atoms with Crippen molar-refractivity contribution >= 4 is 59.8 Å². The molecule has 1 aromatic heterocycles. The summed E-state index contributed by atoms with van der Waals surface area (Å²) in [5, 5.41) is 7.12. The molecule has 0 fully saturated rings. The number of benzene rings is 6. The molecule has 0 unspecified atom stereocenters. The molecule has 0 atom stereocenters. The van der Waals surface area contributed by atoms with E-state index in [1.54, 1.807) is 18.2 Å². The van der Waals surface area contributed by atoms with Crippen LogP contribution in [0.4, 0.5) is 30.2 Å². The fourth-order valence-electron chi connectivity index (χ4n) is 6.65. The van der Waals surface area contributed by atoms with E-state index in [1.807, 2.05) is 141 Å². The van der Waals surface area contributed by atoms with Gasteiger partial charge in [-0.2, -0.15) is 13.2 Å². The number of imidazole rings is 1. The van der Waals surface area contributed by atoms with Crippen LogP contribution in [-0.2, 0) is 44.1 Å². The average Bonchev–Trinajstić information content (AvgIpc) is 3.88. The van der Waals surface area contributed by atoms with Crippen LogP contribution in [0.1, 0.15) is 56.6 Å². The van der Waals surface area contributed by atoms with Gasteiger partial charge in [-0.1, -0.05) is 88.0 Å². The monoisotopic (exact) mass is 971 g/mol. The summed E-state index contributed by atoms with van der Waals surface area (Å²) in [5.41, 5.74) is 7.97. The van der Waals surface area contributed by atoms with Gasteiger partial charge in [0.1, 0.15) is 28.8 Å². The smallest absolute Gasteiger partial charge is 0.475 e. The lowest BCUT2D eigenvalue weighted by Gasteiger charge is -2.07. The van der Waals surface area contributed by atoms with Gasteiger partial charge in [0, 0.05) is 25.0 Å². The van der Waals surface area contributed by atoms with Crippen LogP contribution in [0.15, 0.2) is 151 Å². The standard InChI is InChI=1S/C24H24N2O3S.C23H23N3O3S.C2HF3O2.CH4/c1-2-14-30(27,28)26-20-11-10-19-16-21(25-24(19)17-20)15-18-8-12-23(13-9-18)29-22-6-4-3-5-7-22;1-2-14-30(27,28)26-18-10-13-21-22(16-18)25-23(24-21)15-17-8-11-20(12-9-17)29-19-6-4-3-5-7-19;3-2(4,5)1(6)7;/h3-13,17,26H,2,14-16H2,1H3;3-13,16,26H,2,14-15H2,1H3,(H,24,25);(H,6,7);1H4. The molecular formula is C50H52F3N5O8S2. The van der Waals surface area contributed by atoms with Crippen molar-refractivity contribution in [2.24, 2.45) is 4.99 Å². The first-order valence-electron chi connectivity index (χ1n) is 21.1. The number of carbonyl (C=O) groups is 1. The van der Waals surface area contributed by atoms with Crippen molar-refractivity contribution in [2.75, 3.05) is 20.9 Å². The molecular weight excluding hydrogens is 920 g/mol. The number of aliphatic imine (C=N–C) groups is 1. The van der Waals surface area contributed by atoms with Crippen molar-refractivity contribution in [3.63, 3.8) is 0 Å². The third kappa shape index (κ3) is 16.0. The minimum Gasteiger partial charge on any atom is -0.475 e. The highest BCUT2D eigenvalue weighted by molar-refractivity contribution is 7.92. The number of fused-ring (bicyclic) bond motifs is 2. The van der Waals surface area contributed by atoms with Crippen LogP contribution in [0.25, 0.3) is 11.0 Å². The first-order chi connectivity index (χ1) is 32.0. The maximum Gasteiger partial charge on any atom is 0.490 e. The predicted molar refractivity (Wildman–Crippen MR) is 262 cm³/mol. The molecule has 0 saturated carbocycles. The van der Waals surface area contributed by atoms with Crippen LogP contribution in [0.2, 0.25) is 0 Å². The fourth-order valence-corrected chi connectivity index (χ4v) is 8.90. The Morgan fingerprint density at radius 3 is 1.60 bits per heavy atom. The number of aromatic amines is 1. The molecule has 7 aromatic rings. The van der Waals surface area contributed by atoms with Crippen molar-refractivity contribution in [1.29, 1.82) is 0 Å². The number of hydrogen-bond donors (Lipinski definition) is 4. The number of aromatic nitrogens is 2. The van der Waals surface area contributed by atoms with E-state index >= 15 is 0 Å². The number of halogens is 3. The molecule has 18 heteroatoms. The lowest BCUT2D eigenvalue weighted by molar-refractivity contribution is -0.192. The number of hydrogen-bond acceptors (Lipinski definition) is 9.